The Hall–Kier alpha value is -2.37. The Labute approximate surface area is 123 Å². The zero-order valence-corrected chi connectivity index (χ0v) is 12.2. The Morgan fingerprint density at radius 1 is 1.24 bits per heavy atom. The molecule has 6 heteroatoms. The van der Waals surface area contributed by atoms with Gasteiger partial charge in [0.1, 0.15) is 6.04 Å². The lowest BCUT2D eigenvalue weighted by molar-refractivity contribution is -0.141. The molecule has 0 fully saturated rings. The fraction of sp³-hybridized carbons (Fsp3) is 0.400. The van der Waals surface area contributed by atoms with E-state index in [1.165, 1.54) is 13.8 Å². The van der Waals surface area contributed by atoms with Crippen molar-refractivity contribution >= 4 is 17.8 Å². The molecule has 0 aliphatic heterocycles. The van der Waals surface area contributed by atoms with Gasteiger partial charge in [0.15, 0.2) is 0 Å². The van der Waals surface area contributed by atoms with Gasteiger partial charge in [0.2, 0.25) is 11.8 Å². The second-order valence-electron chi connectivity index (χ2n) is 4.80. The van der Waals surface area contributed by atoms with Crippen LogP contribution >= 0.6 is 0 Å². The lowest BCUT2D eigenvalue weighted by Gasteiger charge is -2.21. The molecular formula is C15H20N2O4. The van der Waals surface area contributed by atoms with E-state index in [0.717, 1.165) is 5.56 Å². The number of nitrogens with one attached hydrogen (secondary N) is 1. The number of nitrogens with zero attached hydrogens (tertiary/aromatic N) is 1. The number of hydrogen-bond acceptors (Lipinski definition) is 3. The van der Waals surface area contributed by atoms with E-state index < -0.39 is 12.0 Å². The van der Waals surface area contributed by atoms with Crippen LogP contribution in [0.1, 0.15) is 25.8 Å². The molecular weight excluding hydrogens is 272 g/mol. The largest absolute Gasteiger partial charge is 0.480 e. The van der Waals surface area contributed by atoms with Crippen molar-refractivity contribution in [2.75, 3.05) is 6.54 Å². The molecule has 0 saturated heterocycles. The second-order valence-corrected chi connectivity index (χ2v) is 4.80. The van der Waals surface area contributed by atoms with Crippen LogP contribution in [0.2, 0.25) is 0 Å². The van der Waals surface area contributed by atoms with E-state index in [1.807, 2.05) is 30.3 Å². The molecule has 114 valence electrons. The Bertz CT molecular complexity index is 502. The second kappa shape index (κ2) is 8.04. The Morgan fingerprint density at radius 3 is 2.38 bits per heavy atom. The highest BCUT2D eigenvalue weighted by molar-refractivity contribution is 5.83. The van der Waals surface area contributed by atoms with Crippen LogP contribution in [0.5, 0.6) is 0 Å². The maximum absolute atomic E-state index is 11.6. The quantitative estimate of drug-likeness (QED) is 0.785. The fourth-order valence-electron chi connectivity index (χ4n) is 1.76. The van der Waals surface area contributed by atoms with Gasteiger partial charge in [0, 0.05) is 26.4 Å². The fourth-order valence-corrected chi connectivity index (χ4v) is 1.76. The third-order valence-corrected chi connectivity index (χ3v) is 3.02. The molecule has 0 heterocycles. The average molecular weight is 292 g/mol. The minimum Gasteiger partial charge on any atom is -0.480 e. The molecule has 1 aromatic rings. The molecule has 0 bridgehead atoms. The van der Waals surface area contributed by atoms with E-state index in [2.05, 4.69) is 5.32 Å². The summed E-state index contributed by atoms with van der Waals surface area (Å²) >= 11 is 0. The van der Waals surface area contributed by atoms with Crippen LogP contribution in [0.25, 0.3) is 0 Å². The van der Waals surface area contributed by atoms with E-state index >= 15 is 0 Å². The van der Waals surface area contributed by atoms with Crippen molar-refractivity contribution in [1.29, 1.82) is 0 Å². The van der Waals surface area contributed by atoms with Gasteiger partial charge in [-0.1, -0.05) is 30.3 Å². The van der Waals surface area contributed by atoms with Crippen LogP contribution in [-0.2, 0) is 20.9 Å². The number of amides is 2. The molecule has 0 saturated carbocycles. The molecule has 1 rings (SSSR count). The van der Waals surface area contributed by atoms with Crippen molar-refractivity contribution in [3.05, 3.63) is 35.9 Å². The highest BCUT2D eigenvalue weighted by Gasteiger charge is 2.16. The Morgan fingerprint density at radius 2 is 1.86 bits per heavy atom. The predicted octanol–water partition coefficient (Wildman–Crippen LogP) is 1.01. The van der Waals surface area contributed by atoms with E-state index in [-0.39, 0.29) is 24.8 Å². The maximum atomic E-state index is 11.6. The summed E-state index contributed by atoms with van der Waals surface area (Å²) in [6.07, 6.45) is 0.0734. The maximum Gasteiger partial charge on any atom is 0.325 e. The van der Waals surface area contributed by atoms with Crippen LogP contribution in [0.4, 0.5) is 0 Å². The third kappa shape index (κ3) is 6.07. The third-order valence-electron chi connectivity index (χ3n) is 3.02. The zero-order valence-electron chi connectivity index (χ0n) is 12.2. The predicted molar refractivity (Wildman–Crippen MR) is 77.4 cm³/mol. The summed E-state index contributed by atoms with van der Waals surface area (Å²) in [6.45, 7) is 3.52. The monoisotopic (exact) mass is 292 g/mol. The number of hydrogen-bond donors (Lipinski definition) is 2. The lowest BCUT2D eigenvalue weighted by Crippen LogP contribution is -2.40. The summed E-state index contributed by atoms with van der Waals surface area (Å²) in [5.74, 6) is -1.60. The van der Waals surface area contributed by atoms with Gasteiger partial charge in [-0.2, -0.15) is 0 Å². The topological polar surface area (TPSA) is 86.7 Å². The number of carboxylic acid groups (broad SMARTS) is 1. The normalized spacial score (nSPS) is 11.5. The number of carbonyl (C=O) groups excluding carboxylic acids is 2. The molecule has 2 amide bonds. The molecule has 0 aliphatic carbocycles. The van der Waals surface area contributed by atoms with Gasteiger partial charge in [0.25, 0.3) is 0 Å². The molecule has 0 unspecified atom stereocenters. The first-order valence-electron chi connectivity index (χ1n) is 6.71. The summed E-state index contributed by atoms with van der Waals surface area (Å²) in [6, 6.07) is 8.54. The molecule has 6 nitrogen and oxygen atoms in total. The number of aliphatic carboxylic acids is 1. The number of benzene rings is 1. The Kier molecular flexibility index (Phi) is 6.39. The minimum atomic E-state index is -1.09. The van der Waals surface area contributed by atoms with Crippen molar-refractivity contribution < 1.29 is 19.5 Å². The first kappa shape index (κ1) is 16.7. The molecule has 0 radical (unpaired) electrons. The summed E-state index contributed by atoms with van der Waals surface area (Å²) in [5, 5.41) is 11.1. The molecule has 0 spiro atoms. The van der Waals surface area contributed by atoms with Crippen molar-refractivity contribution in [2.45, 2.75) is 32.9 Å². The van der Waals surface area contributed by atoms with Crippen LogP contribution in [0.15, 0.2) is 30.3 Å². The highest BCUT2D eigenvalue weighted by atomic mass is 16.4. The number of carbonyl (C=O) groups is 3. The van der Waals surface area contributed by atoms with Crippen molar-refractivity contribution in [3.8, 4) is 0 Å². The lowest BCUT2D eigenvalue weighted by atomic mass is 10.2. The van der Waals surface area contributed by atoms with Crippen molar-refractivity contribution in [2.24, 2.45) is 0 Å². The van der Waals surface area contributed by atoms with Crippen LogP contribution in [-0.4, -0.2) is 40.4 Å². The van der Waals surface area contributed by atoms with Crippen LogP contribution in [0, 0.1) is 0 Å². The van der Waals surface area contributed by atoms with Gasteiger partial charge >= 0.3 is 5.97 Å². The van der Waals surface area contributed by atoms with Gasteiger partial charge in [-0.15, -0.1) is 0 Å². The van der Waals surface area contributed by atoms with Crippen LogP contribution in [0.3, 0.4) is 0 Å². The van der Waals surface area contributed by atoms with E-state index in [4.69, 9.17) is 5.11 Å². The van der Waals surface area contributed by atoms with Gasteiger partial charge in [-0.25, -0.2) is 0 Å². The average Bonchev–Trinajstić information content (AvgIpc) is 2.44. The first-order valence-corrected chi connectivity index (χ1v) is 6.71. The smallest absolute Gasteiger partial charge is 0.325 e. The molecule has 21 heavy (non-hydrogen) atoms. The van der Waals surface area contributed by atoms with Gasteiger partial charge < -0.3 is 15.3 Å². The van der Waals surface area contributed by atoms with E-state index in [0.29, 0.717) is 6.54 Å². The summed E-state index contributed by atoms with van der Waals surface area (Å²) in [4.78, 5) is 35.4. The van der Waals surface area contributed by atoms with Gasteiger partial charge in [-0.3, -0.25) is 14.4 Å². The van der Waals surface area contributed by atoms with Gasteiger partial charge in [0.05, 0.1) is 0 Å². The summed E-state index contributed by atoms with van der Waals surface area (Å²) < 4.78 is 0. The summed E-state index contributed by atoms with van der Waals surface area (Å²) in [7, 11) is 0. The first-order chi connectivity index (χ1) is 9.90. The standard InChI is InChI=1S/C15H20N2O4/c1-11(15(20)21)16-14(19)8-9-17(12(2)18)10-13-6-4-3-5-7-13/h3-7,11H,8-10H2,1-2H3,(H,16,19)(H,20,21)/t11-/m1/s1. The highest BCUT2D eigenvalue weighted by Crippen LogP contribution is 2.05. The van der Waals surface area contributed by atoms with Crippen molar-refractivity contribution in [3.63, 3.8) is 0 Å². The summed E-state index contributed by atoms with van der Waals surface area (Å²) in [5.41, 5.74) is 0.979. The SMILES string of the molecule is CC(=O)N(CCC(=O)N[C@H](C)C(=O)O)Cc1ccccc1. The zero-order chi connectivity index (χ0) is 15.8. The molecule has 0 aromatic heterocycles. The van der Waals surface area contributed by atoms with E-state index in [1.54, 1.807) is 4.90 Å². The van der Waals surface area contributed by atoms with Crippen molar-refractivity contribution in [1.82, 2.24) is 10.2 Å². The minimum absolute atomic E-state index is 0.0734. The molecule has 1 aromatic carbocycles. The van der Waals surface area contributed by atoms with Crippen LogP contribution < -0.4 is 5.32 Å². The molecule has 2 N–H and O–H groups in total. The molecule has 1 atom stereocenters. The van der Waals surface area contributed by atoms with E-state index in [9.17, 15) is 14.4 Å². The van der Waals surface area contributed by atoms with Gasteiger partial charge in [-0.05, 0) is 12.5 Å². The number of rotatable bonds is 7. The number of carboxylic acids is 1. The Balaban J connectivity index is 2.50. The molecule has 0 aliphatic rings.